The van der Waals surface area contributed by atoms with Crippen molar-refractivity contribution in [3.05, 3.63) is 139 Å². The first-order valence-electron chi connectivity index (χ1n) is 15.6. The molecule has 0 aliphatic heterocycles. The Balaban J connectivity index is 0.000000266. The van der Waals surface area contributed by atoms with Crippen LogP contribution in [0, 0.1) is 27.7 Å². The van der Waals surface area contributed by atoms with Gasteiger partial charge in [-0.25, -0.2) is 9.59 Å². The predicted octanol–water partition coefficient (Wildman–Crippen LogP) is 7.28. The van der Waals surface area contributed by atoms with Gasteiger partial charge < -0.3 is 19.7 Å². The molecule has 0 fully saturated rings. The van der Waals surface area contributed by atoms with Crippen molar-refractivity contribution in [3.63, 3.8) is 0 Å². The van der Waals surface area contributed by atoms with Crippen LogP contribution in [-0.4, -0.2) is 62.0 Å². The average Bonchev–Trinajstić information content (AvgIpc) is 3.07. The van der Waals surface area contributed by atoms with Crippen LogP contribution in [0.5, 0.6) is 0 Å². The number of methoxy groups -OCH3 is 2. The van der Waals surface area contributed by atoms with Gasteiger partial charge >= 0.3 is 11.9 Å². The van der Waals surface area contributed by atoms with Crippen LogP contribution in [0.3, 0.4) is 0 Å². The van der Waals surface area contributed by atoms with Crippen LogP contribution in [0.4, 0.5) is 0 Å². The number of carbonyl (C=O) groups excluding carboxylic acids is 4. The summed E-state index contributed by atoms with van der Waals surface area (Å²) in [5.74, 6) is -1.64. The van der Waals surface area contributed by atoms with E-state index in [1.807, 2.05) is 75.4 Å². The Labute approximate surface area is 298 Å². The largest absolute Gasteiger partial charge is 0.467 e. The Morgan fingerprint density at radius 2 is 1.10 bits per heavy atom. The number of rotatable bonds is 10. The molecule has 49 heavy (non-hydrogen) atoms. The van der Waals surface area contributed by atoms with E-state index >= 15 is 0 Å². The standard InChI is InChI=1S/C20H22ClNO3.C19H20ClNO3/c1-13-8-10-15(11-9-13)12-17(20(24)25-4)22(3)19(23)18-14(2)6-5-7-16(18)21;1-12-7-9-14(10-8-12)11-16(19(23)24-3)21-18(22)17-13(2)5-4-6-15(17)20/h5-11,17H,12H2,1-4H3;4-10,16H,11H2,1-3H3,(H,21,22). The molecule has 4 aromatic rings. The lowest BCUT2D eigenvalue weighted by Crippen LogP contribution is -2.44. The second-order valence-corrected chi connectivity index (χ2v) is 12.6. The van der Waals surface area contributed by atoms with E-state index in [9.17, 15) is 19.2 Å². The number of hydrogen-bond acceptors (Lipinski definition) is 6. The Morgan fingerprint density at radius 1 is 0.653 bits per heavy atom. The Hall–Kier alpha value is -4.66. The molecule has 0 saturated heterocycles. The highest BCUT2D eigenvalue weighted by Crippen LogP contribution is 2.23. The van der Waals surface area contributed by atoms with Crippen LogP contribution in [0.15, 0.2) is 84.9 Å². The van der Waals surface area contributed by atoms with E-state index in [2.05, 4.69) is 5.32 Å². The first-order chi connectivity index (χ1) is 23.3. The summed E-state index contributed by atoms with van der Waals surface area (Å²) < 4.78 is 9.73. The minimum atomic E-state index is -0.777. The van der Waals surface area contributed by atoms with Crippen molar-refractivity contribution in [3.8, 4) is 0 Å². The van der Waals surface area contributed by atoms with E-state index in [4.69, 9.17) is 32.7 Å². The molecular formula is C39H42Cl2N2O6. The van der Waals surface area contributed by atoms with Gasteiger partial charge in [0.15, 0.2) is 0 Å². The number of aryl methyl sites for hydroxylation is 4. The fourth-order valence-electron chi connectivity index (χ4n) is 5.13. The lowest BCUT2D eigenvalue weighted by atomic mass is 10.0. The molecule has 10 heteroatoms. The second-order valence-electron chi connectivity index (χ2n) is 11.7. The van der Waals surface area contributed by atoms with Crippen molar-refractivity contribution in [2.45, 2.75) is 52.6 Å². The lowest BCUT2D eigenvalue weighted by Gasteiger charge is -2.27. The third-order valence-corrected chi connectivity index (χ3v) is 8.68. The van der Waals surface area contributed by atoms with E-state index in [1.165, 1.54) is 19.1 Å². The summed E-state index contributed by atoms with van der Waals surface area (Å²) in [4.78, 5) is 51.2. The van der Waals surface area contributed by atoms with Gasteiger partial charge in [0.05, 0.1) is 35.4 Å². The highest BCUT2D eigenvalue weighted by Gasteiger charge is 2.30. The molecule has 0 bridgehead atoms. The Morgan fingerprint density at radius 3 is 1.55 bits per heavy atom. The normalized spacial score (nSPS) is 11.7. The van der Waals surface area contributed by atoms with Crippen LogP contribution < -0.4 is 5.32 Å². The Bertz CT molecular complexity index is 1730. The number of benzene rings is 4. The molecule has 0 saturated carbocycles. The van der Waals surface area contributed by atoms with Gasteiger partial charge in [0, 0.05) is 19.9 Å². The topological polar surface area (TPSA) is 102 Å². The summed E-state index contributed by atoms with van der Waals surface area (Å²) in [6.45, 7) is 7.61. The molecule has 258 valence electrons. The summed E-state index contributed by atoms with van der Waals surface area (Å²) in [5, 5.41) is 3.46. The molecule has 2 unspecified atom stereocenters. The first kappa shape index (κ1) is 38.8. The molecular weight excluding hydrogens is 663 g/mol. The molecule has 0 aliphatic rings. The van der Waals surface area contributed by atoms with Gasteiger partial charge in [0.25, 0.3) is 11.8 Å². The third kappa shape index (κ3) is 10.7. The fourth-order valence-corrected chi connectivity index (χ4v) is 5.74. The van der Waals surface area contributed by atoms with E-state index in [0.29, 0.717) is 34.0 Å². The van der Waals surface area contributed by atoms with Gasteiger partial charge in [-0.2, -0.15) is 0 Å². The van der Waals surface area contributed by atoms with Crippen LogP contribution in [0.2, 0.25) is 10.0 Å². The maximum atomic E-state index is 12.9. The number of ether oxygens (including phenoxy) is 2. The van der Waals surface area contributed by atoms with Gasteiger partial charge in [0.1, 0.15) is 12.1 Å². The van der Waals surface area contributed by atoms with Crippen molar-refractivity contribution in [2.24, 2.45) is 0 Å². The lowest BCUT2D eigenvalue weighted by molar-refractivity contribution is -0.145. The molecule has 0 spiro atoms. The number of esters is 2. The van der Waals surface area contributed by atoms with Crippen molar-refractivity contribution < 1.29 is 28.7 Å². The van der Waals surface area contributed by atoms with E-state index in [1.54, 1.807) is 44.3 Å². The maximum Gasteiger partial charge on any atom is 0.328 e. The summed E-state index contributed by atoms with van der Waals surface area (Å²) in [5.41, 5.74) is 6.45. The van der Waals surface area contributed by atoms with E-state index in [-0.39, 0.29) is 11.8 Å². The number of amides is 2. The maximum absolute atomic E-state index is 12.9. The third-order valence-electron chi connectivity index (χ3n) is 8.05. The number of hydrogen-bond donors (Lipinski definition) is 1. The molecule has 2 amide bonds. The van der Waals surface area contributed by atoms with Gasteiger partial charge in [-0.05, 0) is 62.1 Å². The molecule has 0 aliphatic carbocycles. The van der Waals surface area contributed by atoms with E-state index in [0.717, 1.165) is 33.4 Å². The minimum absolute atomic E-state index is 0.300. The SMILES string of the molecule is COC(=O)C(Cc1ccc(C)cc1)N(C)C(=O)c1c(C)cccc1Cl.COC(=O)C(Cc1ccc(C)cc1)NC(=O)c1c(C)cccc1Cl. The zero-order valence-corrected chi connectivity index (χ0v) is 30.3. The molecule has 0 radical (unpaired) electrons. The van der Waals surface area contributed by atoms with Gasteiger partial charge in [-0.3, -0.25) is 9.59 Å². The predicted molar refractivity (Wildman–Crippen MR) is 193 cm³/mol. The monoisotopic (exact) mass is 704 g/mol. The minimum Gasteiger partial charge on any atom is -0.467 e. The fraction of sp³-hybridized carbons (Fsp3) is 0.282. The van der Waals surface area contributed by atoms with Crippen molar-refractivity contribution in [1.29, 1.82) is 0 Å². The molecule has 4 rings (SSSR count). The smallest absolute Gasteiger partial charge is 0.328 e. The highest BCUT2D eigenvalue weighted by molar-refractivity contribution is 6.34. The summed E-state index contributed by atoms with van der Waals surface area (Å²) in [6, 6.07) is 24.6. The highest BCUT2D eigenvalue weighted by atomic mass is 35.5. The second kappa shape index (κ2) is 18.2. The molecule has 4 aromatic carbocycles. The number of halogens is 2. The number of carbonyl (C=O) groups is 4. The molecule has 0 aromatic heterocycles. The number of nitrogens with zero attached hydrogens (tertiary/aromatic N) is 1. The Kier molecular flexibility index (Phi) is 14.4. The molecule has 2 atom stereocenters. The quantitative estimate of drug-likeness (QED) is 0.174. The molecule has 1 N–H and O–H groups in total. The first-order valence-corrected chi connectivity index (χ1v) is 16.4. The summed E-state index contributed by atoms with van der Waals surface area (Å²) in [6.07, 6.45) is 0.723. The van der Waals surface area contributed by atoms with Gasteiger partial charge in [-0.15, -0.1) is 0 Å². The molecule has 0 heterocycles. The zero-order chi connectivity index (χ0) is 36.2. The van der Waals surface area contributed by atoms with Crippen LogP contribution >= 0.6 is 23.2 Å². The molecule has 8 nitrogen and oxygen atoms in total. The zero-order valence-electron chi connectivity index (χ0n) is 28.8. The summed E-state index contributed by atoms with van der Waals surface area (Å²) in [7, 11) is 4.22. The average molecular weight is 706 g/mol. The van der Waals surface area contributed by atoms with Gasteiger partial charge in [0.2, 0.25) is 0 Å². The van der Waals surface area contributed by atoms with Crippen LogP contribution in [0.25, 0.3) is 0 Å². The van der Waals surface area contributed by atoms with Crippen LogP contribution in [-0.2, 0) is 31.9 Å². The number of likely N-dealkylation sites (N-methyl/N-ethyl adjacent to an activating group) is 1. The van der Waals surface area contributed by atoms with E-state index < -0.39 is 24.0 Å². The van der Waals surface area contributed by atoms with Gasteiger partial charge in [-0.1, -0.05) is 107 Å². The van der Waals surface area contributed by atoms with Crippen molar-refractivity contribution in [1.82, 2.24) is 10.2 Å². The number of nitrogens with one attached hydrogen (secondary N) is 1. The van der Waals surface area contributed by atoms with Crippen LogP contribution in [0.1, 0.15) is 54.1 Å². The summed E-state index contributed by atoms with van der Waals surface area (Å²) >= 11 is 12.3. The van der Waals surface area contributed by atoms with Crippen molar-refractivity contribution in [2.75, 3.05) is 21.3 Å². The van der Waals surface area contributed by atoms with Crippen molar-refractivity contribution >= 4 is 47.0 Å².